The number of nitrogens with one attached hydrogen (secondary N) is 2. The van der Waals surface area contributed by atoms with E-state index in [1.54, 1.807) is 20.8 Å². The number of hydrogen-bond acceptors (Lipinski definition) is 6. The molecule has 0 aliphatic heterocycles. The van der Waals surface area contributed by atoms with Crippen molar-refractivity contribution in [1.29, 1.82) is 0 Å². The summed E-state index contributed by atoms with van der Waals surface area (Å²) in [6, 6.07) is 0. The highest BCUT2D eigenvalue weighted by atomic mass is 32.1. The van der Waals surface area contributed by atoms with Crippen LogP contribution >= 0.6 is 11.3 Å². The lowest BCUT2D eigenvalue weighted by atomic mass is 10.1. The van der Waals surface area contributed by atoms with Crippen LogP contribution in [0.2, 0.25) is 0 Å². The number of nitrogens with zero attached hydrogens (tertiary/aromatic N) is 2. The molecule has 2 aromatic rings. The summed E-state index contributed by atoms with van der Waals surface area (Å²) in [7, 11) is 3.78. The molecule has 1 amide bonds. The van der Waals surface area contributed by atoms with E-state index in [0.29, 0.717) is 33.0 Å². The number of aromatic nitrogens is 2. The number of aliphatic hydroxyl groups excluding tert-OH is 1. The van der Waals surface area contributed by atoms with Crippen LogP contribution in [0.4, 0.5) is 0 Å². The first-order valence-electron chi connectivity index (χ1n) is 7.25. The maximum Gasteiger partial charge on any atom is 0.262 e. The lowest BCUT2D eigenvalue weighted by Gasteiger charge is -2.23. The third-order valence-electron chi connectivity index (χ3n) is 3.37. The molecule has 2 aromatic heterocycles. The quantitative estimate of drug-likeness (QED) is 0.751. The van der Waals surface area contributed by atoms with Gasteiger partial charge in [-0.05, 0) is 40.4 Å². The second kappa shape index (κ2) is 6.38. The minimum Gasteiger partial charge on any atom is -0.394 e. The molecule has 0 aliphatic rings. The molecular weight excluding hydrogens is 316 g/mol. The van der Waals surface area contributed by atoms with E-state index in [9.17, 15) is 14.7 Å². The highest BCUT2D eigenvalue weighted by molar-refractivity contribution is 7.20. The second-order valence-corrected chi connectivity index (χ2v) is 7.48. The van der Waals surface area contributed by atoms with Gasteiger partial charge in [-0.2, -0.15) is 0 Å². The zero-order chi connectivity index (χ0) is 17.4. The van der Waals surface area contributed by atoms with Gasteiger partial charge in [-0.1, -0.05) is 0 Å². The number of aromatic amines is 1. The molecule has 0 spiro atoms. The first-order valence-corrected chi connectivity index (χ1v) is 8.06. The van der Waals surface area contributed by atoms with Gasteiger partial charge in [0.15, 0.2) is 0 Å². The van der Waals surface area contributed by atoms with Crippen molar-refractivity contribution in [1.82, 2.24) is 20.2 Å². The fourth-order valence-electron chi connectivity index (χ4n) is 2.18. The normalized spacial score (nSPS) is 12.1. The van der Waals surface area contributed by atoms with Crippen molar-refractivity contribution in [2.75, 3.05) is 20.7 Å². The molecular formula is C15H22N4O3S. The number of rotatable bonds is 5. The minimum atomic E-state index is -0.727. The second-order valence-electron chi connectivity index (χ2n) is 6.48. The van der Waals surface area contributed by atoms with Crippen molar-refractivity contribution < 1.29 is 9.90 Å². The van der Waals surface area contributed by atoms with Gasteiger partial charge in [0.1, 0.15) is 10.7 Å². The van der Waals surface area contributed by atoms with E-state index in [-0.39, 0.29) is 18.1 Å². The van der Waals surface area contributed by atoms with Crippen LogP contribution in [0.3, 0.4) is 0 Å². The van der Waals surface area contributed by atoms with Crippen LogP contribution in [0.25, 0.3) is 10.2 Å². The predicted molar refractivity (Wildman–Crippen MR) is 91.0 cm³/mol. The standard InChI is InChI=1S/C15H22N4O3S/c1-8-10-12(21)16-9(6-19(4)5)17-14(10)23-11(8)13(22)18-15(2,3)7-20/h20H,6-7H2,1-5H3,(H,18,22)(H,16,17,21). The summed E-state index contributed by atoms with van der Waals surface area (Å²) in [6.45, 7) is 5.54. The van der Waals surface area contributed by atoms with Gasteiger partial charge < -0.3 is 20.3 Å². The third kappa shape index (κ3) is 3.77. The number of aryl methyl sites for hydroxylation is 1. The molecule has 2 rings (SSSR count). The molecule has 7 nitrogen and oxygen atoms in total. The van der Waals surface area contributed by atoms with Gasteiger partial charge in [-0.15, -0.1) is 11.3 Å². The van der Waals surface area contributed by atoms with Crippen molar-refractivity contribution in [3.05, 3.63) is 26.6 Å². The Labute approximate surface area is 138 Å². The number of carbonyl (C=O) groups excluding carboxylic acids is 1. The fourth-order valence-corrected chi connectivity index (χ4v) is 3.28. The van der Waals surface area contributed by atoms with Crippen molar-refractivity contribution in [2.24, 2.45) is 0 Å². The average molecular weight is 338 g/mol. The van der Waals surface area contributed by atoms with Gasteiger partial charge in [0.25, 0.3) is 11.5 Å². The van der Waals surface area contributed by atoms with E-state index in [0.717, 1.165) is 0 Å². The smallest absolute Gasteiger partial charge is 0.262 e. The van der Waals surface area contributed by atoms with Gasteiger partial charge in [0.2, 0.25) is 0 Å². The Morgan fingerprint density at radius 1 is 1.43 bits per heavy atom. The minimum absolute atomic E-state index is 0.172. The van der Waals surface area contributed by atoms with Crippen molar-refractivity contribution in [3.8, 4) is 0 Å². The number of fused-ring (bicyclic) bond motifs is 1. The zero-order valence-corrected chi connectivity index (χ0v) is 14.8. The van der Waals surface area contributed by atoms with E-state index in [2.05, 4.69) is 15.3 Å². The van der Waals surface area contributed by atoms with Crippen LogP contribution in [0, 0.1) is 6.92 Å². The third-order valence-corrected chi connectivity index (χ3v) is 4.55. The van der Waals surface area contributed by atoms with E-state index in [4.69, 9.17) is 0 Å². The molecule has 0 saturated heterocycles. The van der Waals surface area contributed by atoms with E-state index >= 15 is 0 Å². The topological polar surface area (TPSA) is 98.3 Å². The molecule has 0 aromatic carbocycles. The molecule has 0 saturated carbocycles. The summed E-state index contributed by atoms with van der Waals surface area (Å²) in [6.07, 6.45) is 0. The van der Waals surface area contributed by atoms with Gasteiger partial charge in [0.05, 0.1) is 29.0 Å². The SMILES string of the molecule is Cc1c(C(=O)NC(C)(C)CO)sc2nc(CN(C)C)[nH]c(=O)c12. The number of amides is 1. The van der Waals surface area contributed by atoms with Gasteiger partial charge in [0, 0.05) is 0 Å². The number of thiophene rings is 1. The molecule has 0 aliphatic carbocycles. The first kappa shape index (κ1) is 17.6. The number of aliphatic hydroxyl groups is 1. The molecule has 0 bridgehead atoms. The average Bonchev–Trinajstić information content (AvgIpc) is 2.75. The maximum absolute atomic E-state index is 12.4. The summed E-state index contributed by atoms with van der Waals surface area (Å²) < 4.78 is 0. The van der Waals surface area contributed by atoms with Crippen LogP contribution in [0.5, 0.6) is 0 Å². The molecule has 3 N–H and O–H groups in total. The highest BCUT2D eigenvalue weighted by Crippen LogP contribution is 2.27. The molecule has 0 atom stereocenters. The predicted octanol–water partition coefficient (Wildman–Crippen LogP) is 0.855. The summed E-state index contributed by atoms with van der Waals surface area (Å²) in [5, 5.41) is 12.5. The van der Waals surface area contributed by atoms with Crippen molar-refractivity contribution in [2.45, 2.75) is 32.9 Å². The van der Waals surface area contributed by atoms with Crippen molar-refractivity contribution in [3.63, 3.8) is 0 Å². The summed E-state index contributed by atoms with van der Waals surface area (Å²) >= 11 is 1.20. The van der Waals surface area contributed by atoms with E-state index in [1.165, 1.54) is 11.3 Å². The number of H-pyrrole nitrogens is 1. The van der Waals surface area contributed by atoms with Gasteiger partial charge in [-0.25, -0.2) is 4.98 Å². The Kier molecular flexibility index (Phi) is 4.88. The van der Waals surface area contributed by atoms with Crippen molar-refractivity contribution >= 4 is 27.5 Å². The Bertz CT molecular complexity index is 792. The van der Waals surface area contributed by atoms with Crippen LogP contribution in [-0.4, -0.2) is 52.1 Å². The van der Waals surface area contributed by atoms with E-state index < -0.39 is 5.54 Å². The number of carbonyl (C=O) groups is 1. The molecule has 126 valence electrons. The molecule has 0 fully saturated rings. The maximum atomic E-state index is 12.4. The first-order chi connectivity index (χ1) is 10.6. The Morgan fingerprint density at radius 3 is 2.65 bits per heavy atom. The zero-order valence-electron chi connectivity index (χ0n) is 14.0. The molecule has 8 heteroatoms. The summed E-state index contributed by atoms with van der Waals surface area (Å²) in [4.78, 5) is 34.8. The van der Waals surface area contributed by atoms with Crippen LogP contribution < -0.4 is 10.9 Å². The van der Waals surface area contributed by atoms with Gasteiger partial charge in [-0.3, -0.25) is 9.59 Å². The van der Waals surface area contributed by atoms with Gasteiger partial charge >= 0.3 is 0 Å². The largest absolute Gasteiger partial charge is 0.394 e. The Balaban J connectivity index is 2.47. The molecule has 2 heterocycles. The van der Waals surface area contributed by atoms with Crippen LogP contribution in [0.15, 0.2) is 4.79 Å². The summed E-state index contributed by atoms with van der Waals surface area (Å²) in [5.41, 5.74) is -0.349. The lowest BCUT2D eigenvalue weighted by molar-refractivity contribution is 0.0873. The molecule has 0 unspecified atom stereocenters. The highest BCUT2D eigenvalue weighted by Gasteiger charge is 2.24. The van der Waals surface area contributed by atoms with Crippen LogP contribution in [-0.2, 0) is 6.54 Å². The molecule has 23 heavy (non-hydrogen) atoms. The Hall–Kier alpha value is -1.77. The lowest BCUT2D eigenvalue weighted by Crippen LogP contribution is -2.46. The van der Waals surface area contributed by atoms with Crippen LogP contribution in [0.1, 0.15) is 34.9 Å². The van der Waals surface area contributed by atoms with E-state index in [1.807, 2.05) is 19.0 Å². The monoisotopic (exact) mass is 338 g/mol. The fraction of sp³-hybridized carbons (Fsp3) is 0.533. The summed E-state index contributed by atoms with van der Waals surface area (Å²) in [5.74, 6) is 0.259. The Morgan fingerprint density at radius 2 is 2.09 bits per heavy atom. The number of hydrogen-bond donors (Lipinski definition) is 3. The molecule has 0 radical (unpaired) electrons.